The zero-order chi connectivity index (χ0) is 40.9. The van der Waals surface area contributed by atoms with Gasteiger partial charge in [-0.3, -0.25) is 0 Å². The Hall–Kier alpha value is -6.41. The van der Waals surface area contributed by atoms with Crippen molar-refractivity contribution < 1.29 is 0 Å². The van der Waals surface area contributed by atoms with Crippen molar-refractivity contribution in [1.82, 2.24) is 0 Å². The van der Waals surface area contributed by atoms with Crippen molar-refractivity contribution in [1.29, 1.82) is 0 Å². The van der Waals surface area contributed by atoms with Gasteiger partial charge in [0.15, 0.2) is 0 Å². The first-order chi connectivity index (χ1) is 29.0. The number of rotatable bonds is 6. The standard InChI is InChI=1S/C54H38S.2C2H6/c1-35-51(45-23-19-37-11-3-7-15-41(37)27-45)31-49(32-52(35)46-24-20-38-12-4-8-16-42(38)28-46)55-50-33-53(47-25-21-39-13-5-9-17-43(39)29-47)36(2)54(34-50)48-26-22-40-14-6-10-18-44(40)30-48;2*1-2/h3-34H,1-2H3;2*1-2H3. The van der Waals surface area contributed by atoms with E-state index >= 15 is 0 Å². The number of hydrogen-bond acceptors (Lipinski definition) is 1. The molecule has 288 valence electrons. The molecule has 0 aromatic heterocycles. The fourth-order valence-electron chi connectivity index (χ4n) is 8.26. The molecule has 0 fully saturated rings. The summed E-state index contributed by atoms with van der Waals surface area (Å²) in [7, 11) is 0. The molecule has 0 unspecified atom stereocenters. The second-order valence-electron chi connectivity index (χ2n) is 14.6. The maximum absolute atomic E-state index is 2.40. The van der Waals surface area contributed by atoms with Crippen LogP contribution in [-0.4, -0.2) is 0 Å². The third kappa shape index (κ3) is 8.04. The highest BCUT2D eigenvalue weighted by Gasteiger charge is 2.17. The first-order valence-electron chi connectivity index (χ1n) is 21.0. The second-order valence-corrected chi connectivity index (χ2v) is 15.8. The Bertz CT molecular complexity index is 2680. The lowest BCUT2D eigenvalue weighted by Gasteiger charge is -2.18. The van der Waals surface area contributed by atoms with E-state index in [9.17, 15) is 0 Å². The minimum absolute atomic E-state index is 1.22. The maximum atomic E-state index is 2.40. The lowest BCUT2D eigenvalue weighted by atomic mass is 9.91. The summed E-state index contributed by atoms with van der Waals surface area (Å²) in [5.74, 6) is 0. The monoisotopic (exact) mass is 778 g/mol. The van der Waals surface area contributed by atoms with Gasteiger partial charge in [-0.2, -0.15) is 0 Å². The second kappa shape index (κ2) is 17.6. The van der Waals surface area contributed by atoms with Crippen LogP contribution in [0, 0.1) is 13.8 Å². The van der Waals surface area contributed by atoms with Crippen molar-refractivity contribution in [2.75, 3.05) is 0 Å². The van der Waals surface area contributed by atoms with E-state index in [1.807, 2.05) is 39.5 Å². The minimum Gasteiger partial charge on any atom is -0.0900 e. The van der Waals surface area contributed by atoms with Gasteiger partial charge in [-0.25, -0.2) is 0 Å². The molecule has 0 saturated carbocycles. The Kier molecular flexibility index (Phi) is 11.8. The normalized spacial score (nSPS) is 10.9. The molecule has 0 amide bonds. The Morgan fingerprint density at radius 3 is 0.712 bits per heavy atom. The fourth-order valence-corrected chi connectivity index (χ4v) is 9.24. The van der Waals surface area contributed by atoms with Crippen LogP contribution < -0.4 is 0 Å². The Balaban J connectivity index is 0.00000118. The third-order valence-electron chi connectivity index (χ3n) is 11.2. The van der Waals surface area contributed by atoms with Gasteiger partial charge in [0.05, 0.1) is 0 Å². The third-order valence-corrected chi connectivity index (χ3v) is 12.2. The SMILES string of the molecule is CC.CC.Cc1c(-c2ccc3ccccc3c2)cc(Sc2cc(-c3ccc4ccccc4c3)c(C)c(-c3ccc4ccccc4c3)c2)cc1-c1ccc2ccccc2c1. The van der Waals surface area contributed by atoms with Crippen molar-refractivity contribution in [3.8, 4) is 44.5 Å². The molecule has 0 radical (unpaired) electrons. The van der Waals surface area contributed by atoms with Gasteiger partial charge >= 0.3 is 0 Å². The van der Waals surface area contributed by atoms with E-state index in [0.717, 1.165) is 0 Å². The molecule has 10 rings (SSSR count). The molecule has 0 aliphatic heterocycles. The summed E-state index contributed by atoms with van der Waals surface area (Å²) in [6, 6.07) is 71.7. The smallest absolute Gasteiger partial charge is 0.0134 e. The largest absolute Gasteiger partial charge is 0.0900 e. The summed E-state index contributed by atoms with van der Waals surface area (Å²) in [6.07, 6.45) is 0. The van der Waals surface area contributed by atoms with Crippen LogP contribution in [0.4, 0.5) is 0 Å². The summed E-state index contributed by atoms with van der Waals surface area (Å²) in [5.41, 5.74) is 12.5. The molecular formula is C58H50S. The lowest BCUT2D eigenvalue weighted by molar-refractivity contribution is 1.34. The molecule has 0 atom stereocenters. The van der Waals surface area contributed by atoms with E-state index in [2.05, 4.69) is 208 Å². The highest BCUT2D eigenvalue weighted by Crippen LogP contribution is 2.44. The van der Waals surface area contributed by atoms with Crippen molar-refractivity contribution in [2.45, 2.75) is 51.3 Å². The van der Waals surface area contributed by atoms with E-state index in [1.54, 1.807) is 0 Å². The van der Waals surface area contributed by atoms with Crippen LogP contribution in [0.15, 0.2) is 204 Å². The van der Waals surface area contributed by atoms with Gasteiger partial charge in [-0.05, 0) is 161 Å². The quantitative estimate of drug-likeness (QED) is 0.162. The van der Waals surface area contributed by atoms with Crippen molar-refractivity contribution in [3.63, 3.8) is 0 Å². The summed E-state index contributed by atoms with van der Waals surface area (Å²) < 4.78 is 0. The Morgan fingerprint density at radius 2 is 0.475 bits per heavy atom. The van der Waals surface area contributed by atoms with Gasteiger partial charge in [-0.1, -0.05) is 185 Å². The highest BCUT2D eigenvalue weighted by atomic mass is 32.2. The maximum Gasteiger partial charge on any atom is 0.0134 e. The molecular weight excluding hydrogens is 729 g/mol. The zero-order valence-corrected chi connectivity index (χ0v) is 35.7. The molecule has 0 N–H and O–H groups in total. The number of benzene rings is 10. The molecule has 10 aromatic rings. The molecule has 1 heteroatoms. The average Bonchev–Trinajstić information content (AvgIpc) is 3.30. The van der Waals surface area contributed by atoms with Gasteiger partial charge in [0.25, 0.3) is 0 Å². The lowest BCUT2D eigenvalue weighted by Crippen LogP contribution is -1.93. The van der Waals surface area contributed by atoms with E-state index in [4.69, 9.17) is 0 Å². The average molecular weight is 779 g/mol. The first-order valence-corrected chi connectivity index (χ1v) is 21.8. The Labute approximate surface area is 354 Å². The predicted octanol–water partition coefficient (Wildman–Crippen LogP) is 17.8. The van der Waals surface area contributed by atoms with Crippen molar-refractivity contribution in [3.05, 3.63) is 205 Å². The van der Waals surface area contributed by atoms with E-state index in [-0.39, 0.29) is 0 Å². The summed E-state index contributed by atoms with van der Waals surface area (Å²) >= 11 is 1.85. The van der Waals surface area contributed by atoms with Crippen LogP contribution in [-0.2, 0) is 0 Å². The van der Waals surface area contributed by atoms with Crippen LogP contribution in [0.5, 0.6) is 0 Å². The molecule has 59 heavy (non-hydrogen) atoms. The Morgan fingerprint density at radius 1 is 0.254 bits per heavy atom. The van der Waals surface area contributed by atoms with Crippen LogP contribution >= 0.6 is 11.8 Å². The molecule has 0 saturated heterocycles. The summed E-state index contributed by atoms with van der Waals surface area (Å²) in [5, 5.41) is 10.0. The van der Waals surface area contributed by atoms with Gasteiger partial charge in [0.1, 0.15) is 0 Å². The molecule has 0 aliphatic rings. The van der Waals surface area contributed by atoms with Crippen LogP contribution in [0.2, 0.25) is 0 Å². The summed E-state index contributed by atoms with van der Waals surface area (Å²) in [6.45, 7) is 12.6. The highest BCUT2D eigenvalue weighted by molar-refractivity contribution is 7.99. The minimum atomic E-state index is 1.22. The number of hydrogen-bond donors (Lipinski definition) is 0. The fraction of sp³-hybridized carbons (Fsp3) is 0.103. The van der Waals surface area contributed by atoms with Gasteiger partial charge in [0.2, 0.25) is 0 Å². The molecule has 0 bridgehead atoms. The summed E-state index contributed by atoms with van der Waals surface area (Å²) in [4.78, 5) is 2.43. The topological polar surface area (TPSA) is 0 Å². The molecule has 0 nitrogen and oxygen atoms in total. The zero-order valence-electron chi connectivity index (χ0n) is 34.9. The van der Waals surface area contributed by atoms with E-state index < -0.39 is 0 Å². The van der Waals surface area contributed by atoms with Crippen molar-refractivity contribution >= 4 is 54.9 Å². The molecule has 0 heterocycles. The van der Waals surface area contributed by atoms with Gasteiger partial charge in [-0.15, -0.1) is 0 Å². The van der Waals surface area contributed by atoms with Crippen LogP contribution in [0.25, 0.3) is 87.6 Å². The molecule has 10 aromatic carbocycles. The molecule has 0 spiro atoms. The first kappa shape index (κ1) is 39.4. The van der Waals surface area contributed by atoms with E-state index in [0.29, 0.717) is 0 Å². The van der Waals surface area contributed by atoms with Crippen LogP contribution in [0.1, 0.15) is 38.8 Å². The van der Waals surface area contributed by atoms with Crippen molar-refractivity contribution in [2.24, 2.45) is 0 Å². The molecule has 0 aliphatic carbocycles. The van der Waals surface area contributed by atoms with E-state index in [1.165, 1.54) is 109 Å². The van der Waals surface area contributed by atoms with Crippen LogP contribution in [0.3, 0.4) is 0 Å². The number of fused-ring (bicyclic) bond motifs is 4. The predicted molar refractivity (Wildman–Crippen MR) is 261 cm³/mol. The van der Waals surface area contributed by atoms with Gasteiger partial charge in [0, 0.05) is 9.79 Å². The van der Waals surface area contributed by atoms with Gasteiger partial charge < -0.3 is 0 Å².